The molecule has 0 atom stereocenters. The highest BCUT2D eigenvalue weighted by Crippen LogP contribution is 2.57. The molecule has 0 spiro atoms. The van der Waals surface area contributed by atoms with Crippen molar-refractivity contribution in [1.29, 1.82) is 0 Å². The van der Waals surface area contributed by atoms with E-state index in [4.69, 9.17) is 4.42 Å². The summed E-state index contributed by atoms with van der Waals surface area (Å²) in [7, 11) is 0. The smallest absolute Gasteiger partial charge is 0.343 e. The van der Waals surface area contributed by atoms with Crippen molar-refractivity contribution in [2.75, 3.05) is 9.71 Å². The van der Waals surface area contributed by atoms with Gasteiger partial charge >= 0.3 is 6.85 Å². The molecule has 0 saturated heterocycles. The van der Waals surface area contributed by atoms with E-state index >= 15 is 0 Å². The van der Waals surface area contributed by atoms with Gasteiger partial charge in [-0.25, -0.2) is 0 Å². The van der Waals surface area contributed by atoms with Crippen LogP contribution >= 0.6 is 11.3 Å². The van der Waals surface area contributed by atoms with Gasteiger partial charge in [-0.2, -0.15) is 0 Å². The summed E-state index contributed by atoms with van der Waals surface area (Å²) in [5.74, 6) is 0. The number of nitrogens with zero attached hydrogens (tertiary/aromatic N) is 2. The lowest BCUT2D eigenvalue weighted by Crippen LogP contribution is -2.60. The topological polar surface area (TPSA) is 19.6 Å². The quantitative estimate of drug-likeness (QED) is 0.165. The van der Waals surface area contributed by atoms with Crippen molar-refractivity contribution in [2.24, 2.45) is 0 Å². The van der Waals surface area contributed by atoms with E-state index in [0.29, 0.717) is 0 Å². The van der Waals surface area contributed by atoms with E-state index in [2.05, 4.69) is 218 Å². The summed E-state index contributed by atoms with van der Waals surface area (Å²) in [6, 6.07) is 55.8. The van der Waals surface area contributed by atoms with Crippen LogP contribution in [-0.4, -0.2) is 6.85 Å². The fourth-order valence-corrected chi connectivity index (χ4v) is 14.7. The third kappa shape index (κ3) is 5.88. The van der Waals surface area contributed by atoms with Crippen molar-refractivity contribution >= 4 is 99.7 Å². The van der Waals surface area contributed by atoms with Crippen LogP contribution in [0.4, 0.5) is 28.4 Å². The zero-order chi connectivity index (χ0) is 47.8. The summed E-state index contributed by atoms with van der Waals surface area (Å²) in [5.41, 5.74) is 21.9. The number of aryl methyl sites for hydroxylation is 1. The van der Waals surface area contributed by atoms with Crippen molar-refractivity contribution in [3.05, 3.63) is 173 Å². The highest BCUT2D eigenvalue weighted by Gasteiger charge is 2.49. The third-order valence-corrected chi connectivity index (χ3v) is 18.8. The van der Waals surface area contributed by atoms with Gasteiger partial charge in [0.2, 0.25) is 0 Å². The lowest BCUT2D eigenvalue weighted by molar-refractivity contribution is 0.332. The molecule has 2 aliphatic heterocycles. The zero-order valence-corrected chi connectivity index (χ0v) is 42.8. The molecule has 3 nitrogen and oxygen atoms in total. The highest BCUT2D eigenvalue weighted by molar-refractivity contribution is 7.32. The van der Waals surface area contributed by atoms with Gasteiger partial charge < -0.3 is 14.1 Å². The number of benzene rings is 8. The molecule has 0 amide bonds. The molecule has 10 aromatic rings. The number of fused-ring (bicyclic) bond motifs is 12. The van der Waals surface area contributed by atoms with Crippen LogP contribution in [0.1, 0.15) is 109 Å². The minimum Gasteiger partial charge on any atom is -0.454 e. The van der Waals surface area contributed by atoms with E-state index in [-0.39, 0.29) is 28.5 Å². The molecule has 4 aliphatic rings. The van der Waals surface area contributed by atoms with E-state index in [1.807, 2.05) is 11.3 Å². The molecule has 0 N–H and O–H groups in total. The number of hydrogen-bond donors (Lipinski definition) is 0. The maximum absolute atomic E-state index is 7.05. The summed E-state index contributed by atoms with van der Waals surface area (Å²) < 4.78 is 9.79. The zero-order valence-electron chi connectivity index (χ0n) is 42.0. The second kappa shape index (κ2) is 14.3. The number of para-hydroxylation sites is 2. The van der Waals surface area contributed by atoms with Crippen molar-refractivity contribution in [3.63, 3.8) is 0 Å². The summed E-state index contributed by atoms with van der Waals surface area (Å²) in [6.45, 7) is 22.0. The first-order valence-corrected chi connectivity index (χ1v) is 26.4. The van der Waals surface area contributed by atoms with Crippen molar-refractivity contribution in [2.45, 2.75) is 110 Å². The Bertz CT molecular complexity index is 3890. The Kier molecular flexibility index (Phi) is 8.64. The number of rotatable bonds is 3. The number of hydrogen-bond acceptors (Lipinski definition) is 4. The van der Waals surface area contributed by atoms with Gasteiger partial charge in [-0.05, 0) is 170 Å². The summed E-state index contributed by atoms with van der Waals surface area (Å²) in [5, 5.41) is 6.10. The summed E-state index contributed by atoms with van der Waals surface area (Å²) in [6.07, 6.45) is 4.68. The molecule has 0 saturated carbocycles. The standard InChI is InChI=1S/C65H59BN2OS/c1-38-30-48-50(64(6,7)28-26-62(48,2)3)36-53(38)67-55-34-42(39-18-11-10-12-19-39)32-46-45-31-40-20-13-14-21-41(40)33-54(45)68(52-24-17-23-44-43-22-15-16-25-56(43)69-60(44)52)66(58(46)55)61-59(67)47-35-49-51(37-57(47)70-61)65(8,9)29-27-63(49,4)5/h10-25,30-37H,26-29H2,1-9H3. The van der Waals surface area contributed by atoms with E-state index in [1.165, 1.54) is 123 Å². The molecule has 14 rings (SSSR count). The molecule has 0 bridgehead atoms. The molecule has 344 valence electrons. The number of anilines is 5. The molecule has 0 unspecified atom stereocenters. The van der Waals surface area contributed by atoms with Gasteiger partial charge in [0.1, 0.15) is 5.58 Å². The second-order valence-corrected chi connectivity index (χ2v) is 24.9. The molecular formula is C65H59BN2OS. The molecule has 4 heterocycles. The molecular weight excluding hydrogens is 868 g/mol. The average molecular weight is 927 g/mol. The lowest BCUT2D eigenvalue weighted by Gasteiger charge is -2.46. The largest absolute Gasteiger partial charge is 0.454 e. The van der Waals surface area contributed by atoms with E-state index in [0.717, 1.165) is 34.0 Å². The molecule has 70 heavy (non-hydrogen) atoms. The van der Waals surface area contributed by atoms with Crippen molar-refractivity contribution < 1.29 is 4.42 Å². The van der Waals surface area contributed by atoms with Crippen LogP contribution in [0.15, 0.2) is 150 Å². The first-order chi connectivity index (χ1) is 33.6. The van der Waals surface area contributed by atoms with Crippen LogP contribution in [0, 0.1) is 6.92 Å². The molecule has 2 aromatic heterocycles. The van der Waals surface area contributed by atoms with Gasteiger partial charge in [0.25, 0.3) is 0 Å². The predicted molar refractivity (Wildman–Crippen MR) is 301 cm³/mol. The Labute approximate surface area is 416 Å². The van der Waals surface area contributed by atoms with Gasteiger partial charge in [-0.1, -0.05) is 146 Å². The van der Waals surface area contributed by atoms with Gasteiger partial charge in [0.05, 0.1) is 11.4 Å². The molecule has 2 aliphatic carbocycles. The SMILES string of the molecule is Cc1cc2c(cc1N1c3cc(-c4ccccc4)cc4c3B(c3sc5cc6c(cc5c31)C(C)(C)CCC6(C)C)N(c1cccc3c1oc1ccccc13)c1cc3ccccc3cc1-4)C(C)(C)CCC2(C)C. The lowest BCUT2D eigenvalue weighted by atomic mass is 9.46. The first-order valence-electron chi connectivity index (χ1n) is 25.6. The van der Waals surface area contributed by atoms with Gasteiger partial charge in [-0.15, -0.1) is 11.3 Å². The van der Waals surface area contributed by atoms with E-state index in [1.54, 1.807) is 0 Å². The van der Waals surface area contributed by atoms with Crippen LogP contribution in [0.2, 0.25) is 0 Å². The normalized spacial score (nSPS) is 17.9. The first kappa shape index (κ1) is 42.3. The fraction of sp³-hybridized carbons (Fsp3) is 0.262. The maximum atomic E-state index is 7.05. The fourth-order valence-electron chi connectivity index (χ4n) is 13.4. The van der Waals surface area contributed by atoms with Gasteiger partial charge in [-0.3, -0.25) is 0 Å². The Hall–Kier alpha value is -6.56. The monoisotopic (exact) mass is 926 g/mol. The highest BCUT2D eigenvalue weighted by atomic mass is 32.1. The molecule has 0 fully saturated rings. The Morgan fingerprint density at radius 3 is 1.83 bits per heavy atom. The van der Waals surface area contributed by atoms with Crippen LogP contribution in [0.3, 0.4) is 0 Å². The number of furan rings is 1. The van der Waals surface area contributed by atoms with Crippen molar-refractivity contribution in [3.8, 4) is 22.3 Å². The van der Waals surface area contributed by atoms with E-state index in [9.17, 15) is 0 Å². The van der Waals surface area contributed by atoms with Crippen LogP contribution < -0.4 is 20.0 Å². The number of thiophene rings is 1. The molecule has 0 radical (unpaired) electrons. The predicted octanol–water partition coefficient (Wildman–Crippen LogP) is 17.3. The Morgan fingerprint density at radius 2 is 1.10 bits per heavy atom. The molecule has 5 heteroatoms. The van der Waals surface area contributed by atoms with Crippen molar-refractivity contribution in [1.82, 2.24) is 0 Å². The van der Waals surface area contributed by atoms with Crippen LogP contribution in [0.5, 0.6) is 0 Å². The summed E-state index contributed by atoms with van der Waals surface area (Å²) >= 11 is 2.02. The Morgan fingerprint density at radius 1 is 0.486 bits per heavy atom. The molecule has 8 aromatic carbocycles. The second-order valence-electron chi connectivity index (χ2n) is 23.8. The van der Waals surface area contributed by atoms with Crippen LogP contribution in [0.25, 0.3) is 65.1 Å². The van der Waals surface area contributed by atoms with E-state index < -0.39 is 0 Å². The van der Waals surface area contributed by atoms with Gasteiger partial charge in [0, 0.05) is 48.3 Å². The summed E-state index contributed by atoms with van der Waals surface area (Å²) in [4.78, 5) is 5.44. The third-order valence-electron chi connectivity index (χ3n) is 17.6. The maximum Gasteiger partial charge on any atom is 0.343 e. The minimum atomic E-state index is -0.155. The Balaban J connectivity index is 1.17. The average Bonchev–Trinajstić information content (AvgIpc) is 3.93. The minimum absolute atomic E-state index is 0.0349. The van der Waals surface area contributed by atoms with Gasteiger partial charge in [0.15, 0.2) is 5.58 Å². The van der Waals surface area contributed by atoms with Crippen LogP contribution in [-0.2, 0) is 21.7 Å².